The zero-order valence-corrected chi connectivity index (χ0v) is 20.5. The van der Waals surface area contributed by atoms with Crippen molar-refractivity contribution in [1.82, 2.24) is 0 Å². The molecule has 2 N–H and O–H groups in total. The van der Waals surface area contributed by atoms with Gasteiger partial charge in [-0.1, -0.05) is 24.3 Å². The number of nitrogens with zero attached hydrogens (tertiary/aromatic N) is 1. The van der Waals surface area contributed by atoms with Gasteiger partial charge in [0.05, 0.1) is 35.8 Å². The van der Waals surface area contributed by atoms with Crippen molar-refractivity contribution in [2.75, 3.05) is 24.3 Å². The van der Waals surface area contributed by atoms with E-state index in [2.05, 4.69) is 22.2 Å². The van der Waals surface area contributed by atoms with Crippen molar-refractivity contribution in [1.29, 1.82) is 0 Å². The number of nitro groups is 1. The van der Waals surface area contributed by atoms with Gasteiger partial charge in [-0.15, -0.1) is 0 Å². The summed E-state index contributed by atoms with van der Waals surface area (Å²) in [5.41, 5.74) is 3.05. The van der Waals surface area contributed by atoms with Gasteiger partial charge in [0, 0.05) is 29.8 Å². The van der Waals surface area contributed by atoms with E-state index in [1.54, 1.807) is 48.5 Å². The average molecular weight is 508 g/mol. The maximum Gasteiger partial charge on any atom is 0.269 e. The number of rotatable bonds is 7. The molecule has 0 saturated heterocycles. The van der Waals surface area contributed by atoms with Crippen LogP contribution < -0.4 is 19.5 Å². The van der Waals surface area contributed by atoms with E-state index in [9.17, 15) is 18.5 Å². The fraction of sp³-hybridized carbons (Fsp3) is 0.231. The number of ether oxygens (including phenoxy) is 2. The summed E-state index contributed by atoms with van der Waals surface area (Å²) < 4.78 is 39.7. The highest BCUT2D eigenvalue weighted by Gasteiger charge is 2.38. The average Bonchev–Trinajstić information content (AvgIpc) is 3.38. The van der Waals surface area contributed by atoms with Crippen LogP contribution in [0.3, 0.4) is 0 Å². The number of hydrogen-bond acceptors (Lipinski definition) is 7. The van der Waals surface area contributed by atoms with Gasteiger partial charge in [0.1, 0.15) is 11.5 Å². The van der Waals surface area contributed by atoms with Gasteiger partial charge in [-0.25, -0.2) is 8.42 Å². The quantitative estimate of drug-likeness (QED) is 0.255. The van der Waals surface area contributed by atoms with Gasteiger partial charge >= 0.3 is 0 Å². The molecule has 1 aliphatic heterocycles. The summed E-state index contributed by atoms with van der Waals surface area (Å²) in [5.74, 6) is 1.08. The van der Waals surface area contributed by atoms with Crippen LogP contribution in [0.5, 0.6) is 11.5 Å². The number of allylic oxidation sites excluding steroid dienone is 2. The van der Waals surface area contributed by atoms with E-state index in [0.717, 1.165) is 23.2 Å². The monoisotopic (exact) mass is 507 g/mol. The van der Waals surface area contributed by atoms with Gasteiger partial charge in [0.15, 0.2) is 0 Å². The third-order valence-corrected chi connectivity index (χ3v) is 8.12. The number of non-ortho nitro benzene ring substituents is 1. The molecular weight excluding hydrogens is 482 g/mol. The highest BCUT2D eigenvalue weighted by molar-refractivity contribution is 7.92. The van der Waals surface area contributed by atoms with Crippen molar-refractivity contribution in [2.45, 2.75) is 23.3 Å². The lowest BCUT2D eigenvalue weighted by atomic mass is 9.77. The molecule has 0 spiro atoms. The number of nitrogens with one attached hydrogen (secondary N) is 2. The molecule has 0 radical (unpaired) electrons. The van der Waals surface area contributed by atoms with Crippen molar-refractivity contribution in [3.05, 3.63) is 94.1 Å². The third-order valence-electron chi connectivity index (χ3n) is 6.76. The van der Waals surface area contributed by atoms with Crippen LogP contribution >= 0.6 is 0 Å². The molecule has 10 heteroatoms. The molecular formula is C26H25N3O6S. The topological polar surface area (TPSA) is 120 Å². The van der Waals surface area contributed by atoms with Crippen LogP contribution in [0, 0.1) is 16.0 Å². The minimum atomic E-state index is -3.89. The second-order valence-electron chi connectivity index (χ2n) is 8.74. The van der Waals surface area contributed by atoms with Gasteiger partial charge in [-0.2, -0.15) is 0 Å². The van der Waals surface area contributed by atoms with Gasteiger partial charge in [-0.3, -0.25) is 14.8 Å². The van der Waals surface area contributed by atoms with E-state index in [-0.39, 0.29) is 28.5 Å². The highest BCUT2D eigenvalue weighted by atomic mass is 32.2. The maximum absolute atomic E-state index is 13.3. The van der Waals surface area contributed by atoms with E-state index >= 15 is 0 Å². The molecule has 1 heterocycles. The Kier molecular flexibility index (Phi) is 6.05. The van der Waals surface area contributed by atoms with Crippen molar-refractivity contribution in [3.63, 3.8) is 0 Å². The fourth-order valence-corrected chi connectivity index (χ4v) is 6.06. The second-order valence-corrected chi connectivity index (χ2v) is 10.4. The minimum Gasteiger partial charge on any atom is -0.497 e. The van der Waals surface area contributed by atoms with Gasteiger partial charge in [0.2, 0.25) is 0 Å². The number of sulfonamides is 1. The number of nitro benzene ring substituents is 1. The zero-order valence-electron chi connectivity index (χ0n) is 19.7. The Morgan fingerprint density at radius 1 is 1.03 bits per heavy atom. The molecule has 2 aliphatic rings. The van der Waals surface area contributed by atoms with Crippen LogP contribution in [0.2, 0.25) is 0 Å². The van der Waals surface area contributed by atoms with Crippen molar-refractivity contribution < 1.29 is 22.8 Å². The molecule has 36 heavy (non-hydrogen) atoms. The molecule has 0 unspecified atom stereocenters. The molecule has 1 aliphatic carbocycles. The lowest BCUT2D eigenvalue weighted by molar-refractivity contribution is -0.384. The van der Waals surface area contributed by atoms with Crippen LogP contribution in [-0.4, -0.2) is 27.6 Å². The Morgan fingerprint density at radius 2 is 1.81 bits per heavy atom. The summed E-state index contributed by atoms with van der Waals surface area (Å²) in [6, 6.07) is 16.4. The van der Waals surface area contributed by atoms with Gasteiger partial charge in [0.25, 0.3) is 15.7 Å². The van der Waals surface area contributed by atoms with Crippen molar-refractivity contribution in [3.8, 4) is 11.5 Å². The summed E-state index contributed by atoms with van der Waals surface area (Å²) in [4.78, 5) is 10.8. The largest absolute Gasteiger partial charge is 0.497 e. The van der Waals surface area contributed by atoms with Gasteiger partial charge < -0.3 is 14.8 Å². The molecule has 0 amide bonds. The first-order valence-electron chi connectivity index (χ1n) is 11.4. The molecule has 3 atom stereocenters. The predicted molar refractivity (Wildman–Crippen MR) is 136 cm³/mol. The Morgan fingerprint density at radius 3 is 2.50 bits per heavy atom. The molecule has 3 aromatic carbocycles. The van der Waals surface area contributed by atoms with E-state index < -0.39 is 14.9 Å². The number of fused-ring (bicyclic) bond motifs is 3. The second kappa shape index (κ2) is 9.19. The summed E-state index contributed by atoms with van der Waals surface area (Å²) in [5, 5.41) is 14.6. The molecule has 0 fully saturated rings. The molecule has 3 aromatic rings. The first-order chi connectivity index (χ1) is 17.3. The van der Waals surface area contributed by atoms with Crippen molar-refractivity contribution >= 4 is 27.1 Å². The SMILES string of the molecule is COc1ccc(NS(=O)(=O)c2ccc3c(c2)[C@H]2C=CC[C@H]2[C@@H](c2ccc([N+](=O)[O-])cc2)N3)c(OC)c1. The van der Waals surface area contributed by atoms with E-state index in [4.69, 9.17) is 9.47 Å². The van der Waals surface area contributed by atoms with E-state index in [1.807, 2.05) is 0 Å². The van der Waals surface area contributed by atoms with Crippen LogP contribution in [0.15, 0.2) is 77.7 Å². The van der Waals surface area contributed by atoms with Crippen LogP contribution in [-0.2, 0) is 10.0 Å². The first-order valence-corrected chi connectivity index (χ1v) is 12.9. The fourth-order valence-electron chi connectivity index (χ4n) is 4.96. The Labute approximate surface area is 209 Å². The Bertz CT molecular complexity index is 1450. The third kappa shape index (κ3) is 4.24. The minimum absolute atomic E-state index is 0.0205. The van der Waals surface area contributed by atoms with Crippen LogP contribution in [0.1, 0.15) is 29.5 Å². The van der Waals surface area contributed by atoms with E-state index in [0.29, 0.717) is 17.2 Å². The normalized spacial score (nSPS) is 20.1. The van der Waals surface area contributed by atoms with Crippen molar-refractivity contribution in [2.24, 2.45) is 5.92 Å². The lowest BCUT2D eigenvalue weighted by Gasteiger charge is -2.37. The number of anilines is 2. The number of benzene rings is 3. The number of hydrogen-bond donors (Lipinski definition) is 2. The molecule has 9 nitrogen and oxygen atoms in total. The Balaban J connectivity index is 1.45. The standard InChI is InChI=1S/C26H25N3O6S/c1-34-18-10-12-24(25(14-18)35-2)28-36(32,33)19-11-13-23-22(15-19)20-4-3-5-21(20)26(27-23)16-6-8-17(9-7-16)29(30)31/h3-4,6-15,20-21,26-28H,5H2,1-2H3/t20-,21+,26+/m0/s1. The number of methoxy groups -OCH3 is 2. The highest BCUT2D eigenvalue weighted by Crippen LogP contribution is 2.50. The summed E-state index contributed by atoms with van der Waals surface area (Å²) >= 11 is 0. The summed E-state index contributed by atoms with van der Waals surface area (Å²) in [6.45, 7) is 0. The summed E-state index contributed by atoms with van der Waals surface area (Å²) in [7, 11) is -0.905. The molecule has 5 rings (SSSR count). The van der Waals surface area contributed by atoms with E-state index in [1.165, 1.54) is 26.4 Å². The first kappa shape index (κ1) is 23.7. The smallest absolute Gasteiger partial charge is 0.269 e. The molecule has 0 saturated carbocycles. The Hall–Kier alpha value is -4.05. The summed E-state index contributed by atoms with van der Waals surface area (Å²) in [6.07, 6.45) is 5.03. The van der Waals surface area contributed by atoms with Crippen LogP contribution in [0.4, 0.5) is 17.1 Å². The maximum atomic E-state index is 13.3. The lowest BCUT2D eigenvalue weighted by Crippen LogP contribution is -2.29. The molecule has 186 valence electrons. The van der Waals surface area contributed by atoms with Crippen LogP contribution in [0.25, 0.3) is 0 Å². The zero-order chi connectivity index (χ0) is 25.4. The van der Waals surface area contributed by atoms with Gasteiger partial charge in [-0.05, 0) is 53.8 Å². The molecule has 0 aromatic heterocycles. The molecule has 0 bridgehead atoms. The predicted octanol–water partition coefficient (Wildman–Crippen LogP) is 5.24.